The number of rotatable bonds is 2. The maximum Gasteiger partial charge on any atom is 0.231 e. The molecule has 80 valence electrons. The lowest BCUT2D eigenvalue weighted by atomic mass is 9.99. The molecule has 1 aliphatic heterocycles. The van der Waals surface area contributed by atoms with Gasteiger partial charge in [-0.15, -0.1) is 0 Å². The van der Waals surface area contributed by atoms with E-state index in [9.17, 15) is 4.79 Å². The number of carbonyl (C=O) groups is 1. The Bertz CT molecular complexity index is 321. The van der Waals surface area contributed by atoms with E-state index >= 15 is 0 Å². The summed E-state index contributed by atoms with van der Waals surface area (Å²) in [7, 11) is 0. The summed E-state index contributed by atoms with van der Waals surface area (Å²) in [6, 6.07) is 1.72. The highest BCUT2D eigenvalue weighted by Gasteiger charge is 2.21. The molecule has 1 fully saturated rings. The minimum atomic E-state index is 0.00778. The van der Waals surface area contributed by atoms with Gasteiger partial charge >= 0.3 is 0 Å². The number of hydrogen-bond donors (Lipinski definition) is 2. The highest BCUT2D eigenvalue weighted by atomic mass is 16.2. The molecule has 1 aliphatic rings. The zero-order valence-corrected chi connectivity index (χ0v) is 8.44. The molecule has 0 aromatic carbocycles. The molecule has 0 saturated carbocycles. The largest absolute Gasteiger partial charge is 0.316 e. The third-order valence-corrected chi connectivity index (χ3v) is 2.47. The van der Waals surface area contributed by atoms with Crippen LogP contribution in [0.15, 0.2) is 18.5 Å². The monoisotopic (exact) mass is 206 g/mol. The van der Waals surface area contributed by atoms with Gasteiger partial charge in [-0.3, -0.25) is 10.1 Å². The van der Waals surface area contributed by atoms with Crippen LogP contribution in [0.5, 0.6) is 0 Å². The molecule has 2 heterocycles. The molecule has 1 atom stereocenters. The number of piperidine rings is 1. The van der Waals surface area contributed by atoms with Gasteiger partial charge in [0.15, 0.2) is 0 Å². The maximum absolute atomic E-state index is 11.7. The van der Waals surface area contributed by atoms with E-state index in [2.05, 4.69) is 20.6 Å². The first-order valence-electron chi connectivity index (χ1n) is 5.15. The lowest BCUT2D eigenvalue weighted by molar-refractivity contribution is -0.120. The van der Waals surface area contributed by atoms with Crippen molar-refractivity contribution < 1.29 is 4.79 Å². The zero-order valence-electron chi connectivity index (χ0n) is 8.44. The van der Waals surface area contributed by atoms with Gasteiger partial charge in [-0.25, -0.2) is 9.97 Å². The fourth-order valence-corrected chi connectivity index (χ4v) is 1.65. The Morgan fingerprint density at radius 3 is 2.93 bits per heavy atom. The van der Waals surface area contributed by atoms with Crippen LogP contribution in [0.2, 0.25) is 0 Å². The number of carbonyl (C=O) groups excluding carboxylic acids is 1. The lowest BCUT2D eigenvalue weighted by Gasteiger charge is -2.21. The topological polar surface area (TPSA) is 66.9 Å². The van der Waals surface area contributed by atoms with Gasteiger partial charge in [0.1, 0.15) is 0 Å². The molecule has 5 heteroatoms. The van der Waals surface area contributed by atoms with Gasteiger partial charge in [-0.1, -0.05) is 0 Å². The lowest BCUT2D eigenvalue weighted by Crippen LogP contribution is -2.37. The predicted octanol–water partition coefficient (Wildman–Crippen LogP) is 0.415. The summed E-state index contributed by atoms with van der Waals surface area (Å²) in [4.78, 5) is 19.6. The quantitative estimate of drug-likeness (QED) is 0.735. The van der Waals surface area contributed by atoms with Crippen molar-refractivity contribution in [2.24, 2.45) is 5.92 Å². The molecular formula is C10H14N4O. The van der Waals surface area contributed by atoms with Crippen molar-refractivity contribution in [1.29, 1.82) is 0 Å². The molecule has 2 N–H and O–H groups in total. The fourth-order valence-electron chi connectivity index (χ4n) is 1.65. The second-order valence-corrected chi connectivity index (χ2v) is 3.60. The van der Waals surface area contributed by atoms with Crippen LogP contribution in [0.4, 0.5) is 5.95 Å². The Hall–Kier alpha value is -1.49. The average Bonchev–Trinajstić information content (AvgIpc) is 2.31. The minimum Gasteiger partial charge on any atom is -0.316 e. The van der Waals surface area contributed by atoms with Crippen molar-refractivity contribution >= 4 is 11.9 Å². The van der Waals surface area contributed by atoms with E-state index in [4.69, 9.17) is 0 Å². The van der Waals surface area contributed by atoms with Gasteiger partial charge in [0.25, 0.3) is 0 Å². The van der Waals surface area contributed by atoms with Crippen LogP contribution in [0, 0.1) is 5.92 Å². The molecule has 1 aromatic rings. The molecular weight excluding hydrogens is 192 g/mol. The molecule has 5 nitrogen and oxygen atoms in total. The van der Waals surface area contributed by atoms with Crippen LogP contribution in [0.1, 0.15) is 12.8 Å². The Kier molecular flexibility index (Phi) is 3.24. The standard InChI is InChI=1S/C10H14N4O/c15-9(8-3-1-4-11-7-8)14-10-12-5-2-6-13-10/h2,5-6,8,11H,1,3-4,7H2,(H,12,13,14,15)/t8-/m0/s1. The van der Waals surface area contributed by atoms with E-state index in [1.807, 2.05) is 0 Å². The SMILES string of the molecule is O=C(Nc1ncccn1)[C@H]1CCCNC1. The summed E-state index contributed by atoms with van der Waals surface area (Å²) < 4.78 is 0. The predicted molar refractivity (Wildman–Crippen MR) is 56.3 cm³/mol. The number of anilines is 1. The second kappa shape index (κ2) is 4.84. The smallest absolute Gasteiger partial charge is 0.231 e. The number of nitrogens with zero attached hydrogens (tertiary/aromatic N) is 2. The van der Waals surface area contributed by atoms with Gasteiger partial charge in [-0.2, -0.15) is 0 Å². The van der Waals surface area contributed by atoms with E-state index in [0.29, 0.717) is 5.95 Å². The fraction of sp³-hybridized carbons (Fsp3) is 0.500. The summed E-state index contributed by atoms with van der Waals surface area (Å²) in [6.07, 6.45) is 5.21. The summed E-state index contributed by atoms with van der Waals surface area (Å²) in [5.41, 5.74) is 0. The van der Waals surface area contributed by atoms with Crippen LogP contribution < -0.4 is 10.6 Å². The highest BCUT2D eigenvalue weighted by Crippen LogP contribution is 2.11. The molecule has 15 heavy (non-hydrogen) atoms. The number of amides is 1. The van der Waals surface area contributed by atoms with Crippen LogP contribution >= 0.6 is 0 Å². The van der Waals surface area contributed by atoms with Crippen molar-refractivity contribution in [3.05, 3.63) is 18.5 Å². The van der Waals surface area contributed by atoms with Crippen molar-refractivity contribution in [3.8, 4) is 0 Å². The van der Waals surface area contributed by atoms with E-state index in [1.165, 1.54) is 0 Å². The third-order valence-electron chi connectivity index (χ3n) is 2.47. The molecule has 1 amide bonds. The van der Waals surface area contributed by atoms with Crippen LogP contribution in [-0.4, -0.2) is 29.0 Å². The Morgan fingerprint density at radius 2 is 2.27 bits per heavy atom. The van der Waals surface area contributed by atoms with Crippen LogP contribution in [0.3, 0.4) is 0 Å². The molecule has 0 spiro atoms. The third kappa shape index (κ3) is 2.73. The highest BCUT2D eigenvalue weighted by molar-refractivity contribution is 5.91. The second-order valence-electron chi connectivity index (χ2n) is 3.60. The normalized spacial score (nSPS) is 20.9. The Labute approximate surface area is 88.3 Å². The first kappa shape index (κ1) is 10.0. The van der Waals surface area contributed by atoms with Gasteiger partial charge in [-0.05, 0) is 25.5 Å². The molecule has 0 aliphatic carbocycles. The van der Waals surface area contributed by atoms with Crippen LogP contribution in [0.25, 0.3) is 0 Å². The zero-order chi connectivity index (χ0) is 10.5. The first-order chi connectivity index (χ1) is 7.36. The molecule has 1 saturated heterocycles. The molecule has 2 rings (SSSR count). The molecule has 0 bridgehead atoms. The van der Waals surface area contributed by atoms with E-state index in [-0.39, 0.29) is 11.8 Å². The van der Waals surface area contributed by atoms with E-state index < -0.39 is 0 Å². The van der Waals surface area contributed by atoms with Gasteiger partial charge in [0, 0.05) is 18.9 Å². The number of nitrogens with one attached hydrogen (secondary N) is 2. The molecule has 1 aromatic heterocycles. The van der Waals surface area contributed by atoms with Gasteiger partial charge in [0.2, 0.25) is 11.9 Å². The van der Waals surface area contributed by atoms with E-state index in [0.717, 1.165) is 25.9 Å². The van der Waals surface area contributed by atoms with Gasteiger partial charge in [0.05, 0.1) is 5.92 Å². The molecule has 0 radical (unpaired) electrons. The number of hydrogen-bond acceptors (Lipinski definition) is 4. The van der Waals surface area contributed by atoms with Crippen molar-refractivity contribution in [2.45, 2.75) is 12.8 Å². The van der Waals surface area contributed by atoms with Gasteiger partial charge < -0.3 is 5.32 Å². The van der Waals surface area contributed by atoms with Crippen molar-refractivity contribution in [3.63, 3.8) is 0 Å². The Balaban J connectivity index is 1.91. The summed E-state index contributed by atoms with van der Waals surface area (Å²) in [6.45, 7) is 1.75. The van der Waals surface area contributed by atoms with Crippen molar-refractivity contribution in [2.75, 3.05) is 18.4 Å². The average molecular weight is 206 g/mol. The maximum atomic E-state index is 11.7. The minimum absolute atomic E-state index is 0.00778. The molecule has 0 unspecified atom stereocenters. The Morgan fingerprint density at radius 1 is 1.47 bits per heavy atom. The first-order valence-corrected chi connectivity index (χ1v) is 5.15. The summed E-state index contributed by atoms with van der Waals surface area (Å²) in [5, 5.41) is 5.91. The summed E-state index contributed by atoms with van der Waals surface area (Å²) in [5.74, 6) is 0.434. The summed E-state index contributed by atoms with van der Waals surface area (Å²) >= 11 is 0. The van der Waals surface area contributed by atoms with Crippen LogP contribution in [-0.2, 0) is 4.79 Å². The number of aromatic nitrogens is 2. The van der Waals surface area contributed by atoms with E-state index in [1.54, 1.807) is 18.5 Å². The van der Waals surface area contributed by atoms with Crippen molar-refractivity contribution in [1.82, 2.24) is 15.3 Å².